The minimum Gasteiger partial charge on any atom is -0.458 e. The van der Waals surface area contributed by atoms with E-state index in [1.54, 1.807) is 0 Å². The van der Waals surface area contributed by atoms with Crippen LogP contribution in [-0.2, 0) is 23.8 Å². The minimum atomic E-state index is -5.01. The standard InChI is InChI=1S/C6H10F2O5S/c1-3-5(9)13-4-6(7,8)14(10,11)12-2/h3-4H2,1-2H3. The predicted octanol–water partition coefficient (Wildman–Crippen LogP) is 0.509. The van der Waals surface area contributed by atoms with Crippen molar-refractivity contribution in [1.82, 2.24) is 0 Å². The van der Waals surface area contributed by atoms with Crippen molar-refractivity contribution in [3.63, 3.8) is 0 Å². The number of rotatable bonds is 5. The third-order valence-corrected chi connectivity index (χ3v) is 2.56. The minimum absolute atomic E-state index is 0.108. The van der Waals surface area contributed by atoms with Gasteiger partial charge in [0.15, 0.2) is 6.61 Å². The Morgan fingerprint density at radius 1 is 1.43 bits per heavy atom. The summed E-state index contributed by atoms with van der Waals surface area (Å²) < 4.78 is 54.1. The fourth-order valence-corrected chi connectivity index (χ4v) is 0.908. The summed E-state index contributed by atoms with van der Waals surface area (Å²) in [7, 11) is -4.41. The highest BCUT2D eigenvalue weighted by atomic mass is 32.2. The van der Waals surface area contributed by atoms with E-state index < -0.39 is 27.9 Å². The van der Waals surface area contributed by atoms with E-state index >= 15 is 0 Å². The van der Waals surface area contributed by atoms with Gasteiger partial charge in [0.25, 0.3) is 0 Å². The van der Waals surface area contributed by atoms with Gasteiger partial charge in [-0.05, 0) is 0 Å². The van der Waals surface area contributed by atoms with Crippen molar-refractivity contribution in [3.8, 4) is 0 Å². The molecule has 0 saturated carbocycles. The zero-order valence-electron chi connectivity index (χ0n) is 7.62. The second-order valence-electron chi connectivity index (χ2n) is 2.27. The predicted molar refractivity (Wildman–Crippen MR) is 42.1 cm³/mol. The summed E-state index contributed by atoms with van der Waals surface area (Å²) in [6.45, 7) is -0.138. The highest BCUT2D eigenvalue weighted by Gasteiger charge is 2.47. The molecule has 0 N–H and O–H groups in total. The summed E-state index contributed by atoms with van der Waals surface area (Å²) >= 11 is 0. The van der Waals surface area contributed by atoms with Gasteiger partial charge in [-0.2, -0.15) is 17.2 Å². The normalized spacial score (nSPS) is 12.6. The van der Waals surface area contributed by atoms with Crippen molar-refractivity contribution in [2.24, 2.45) is 0 Å². The van der Waals surface area contributed by atoms with Crippen LogP contribution in [0.1, 0.15) is 13.3 Å². The second-order valence-corrected chi connectivity index (χ2v) is 4.11. The summed E-state index contributed by atoms with van der Waals surface area (Å²) in [5, 5.41) is -4.22. The van der Waals surface area contributed by atoms with Gasteiger partial charge in [0.2, 0.25) is 0 Å². The lowest BCUT2D eigenvalue weighted by molar-refractivity contribution is -0.149. The fourth-order valence-electron chi connectivity index (χ4n) is 0.461. The van der Waals surface area contributed by atoms with Crippen LogP contribution >= 0.6 is 0 Å². The third kappa shape index (κ3) is 3.18. The maximum atomic E-state index is 12.7. The molecular weight excluding hydrogens is 222 g/mol. The Balaban J connectivity index is 4.43. The van der Waals surface area contributed by atoms with Crippen LogP contribution in [0.15, 0.2) is 0 Å². The number of esters is 1. The Kier molecular flexibility index (Phi) is 4.40. The smallest absolute Gasteiger partial charge is 0.403 e. The molecule has 8 heteroatoms. The molecule has 0 atom stereocenters. The molecule has 0 unspecified atom stereocenters. The van der Waals surface area contributed by atoms with E-state index in [4.69, 9.17) is 0 Å². The first-order valence-electron chi connectivity index (χ1n) is 3.60. The van der Waals surface area contributed by atoms with E-state index in [1.165, 1.54) is 6.92 Å². The molecule has 0 spiro atoms. The Hall–Kier alpha value is -0.760. The van der Waals surface area contributed by atoms with Gasteiger partial charge in [-0.3, -0.25) is 8.98 Å². The molecule has 0 saturated heterocycles. The molecule has 0 aromatic carbocycles. The summed E-state index contributed by atoms with van der Waals surface area (Å²) in [4.78, 5) is 10.5. The number of ether oxygens (including phenoxy) is 1. The van der Waals surface area contributed by atoms with Gasteiger partial charge in [-0.15, -0.1) is 0 Å². The molecule has 0 aromatic heterocycles. The summed E-state index contributed by atoms with van der Waals surface area (Å²) in [5.74, 6) is -0.907. The van der Waals surface area contributed by atoms with Crippen LogP contribution in [-0.4, -0.2) is 33.4 Å². The molecule has 0 amide bonds. The van der Waals surface area contributed by atoms with Crippen molar-refractivity contribution in [3.05, 3.63) is 0 Å². The van der Waals surface area contributed by atoms with Crippen LogP contribution < -0.4 is 0 Å². The molecular formula is C6H10F2O5S. The number of carbonyl (C=O) groups excluding carboxylic acids is 1. The van der Waals surface area contributed by atoms with Gasteiger partial charge < -0.3 is 4.74 Å². The first-order valence-corrected chi connectivity index (χ1v) is 5.01. The Morgan fingerprint density at radius 2 is 1.93 bits per heavy atom. The van der Waals surface area contributed by atoms with Gasteiger partial charge in [0, 0.05) is 6.42 Å². The van der Waals surface area contributed by atoms with Gasteiger partial charge in [-0.1, -0.05) is 6.92 Å². The molecule has 0 aromatic rings. The first kappa shape index (κ1) is 13.2. The van der Waals surface area contributed by atoms with Gasteiger partial charge >= 0.3 is 21.3 Å². The lowest BCUT2D eigenvalue weighted by Crippen LogP contribution is -2.35. The summed E-state index contributed by atoms with van der Waals surface area (Å²) in [5.41, 5.74) is 0. The number of alkyl halides is 2. The maximum Gasteiger partial charge on any atom is 0.403 e. The van der Waals surface area contributed by atoms with E-state index in [0.717, 1.165) is 0 Å². The van der Waals surface area contributed by atoms with E-state index in [0.29, 0.717) is 7.11 Å². The molecule has 0 bridgehead atoms. The SMILES string of the molecule is CCC(=O)OCC(F)(F)S(=O)(=O)OC. The molecule has 0 fully saturated rings. The first-order chi connectivity index (χ1) is 6.27. The fraction of sp³-hybridized carbons (Fsp3) is 0.833. The topological polar surface area (TPSA) is 69.7 Å². The molecule has 0 heterocycles. The van der Waals surface area contributed by atoms with Gasteiger partial charge in [0.1, 0.15) is 0 Å². The highest BCUT2D eigenvalue weighted by Crippen LogP contribution is 2.23. The highest BCUT2D eigenvalue weighted by molar-refractivity contribution is 7.87. The van der Waals surface area contributed by atoms with Crippen molar-refractivity contribution in [1.29, 1.82) is 0 Å². The van der Waals surface area contributed by atoms with E-state index in [9.17, 15) is 22.0 Å². The van der Waals surface area contributed by atoms with Crippen LogP contribution in [0.5, 0.6) is 0 Å². The molecule has 0 rings (SSSR count). The zero-order valence-corrected chi connectivity index (χ0v) is 8.44. The molecule has 84 valence electrons. The van der Waals surface area contributed by atoms with Crippen molar-refractivity contribution < 1.29 is 30.9 Å². The quantitative estimate of drug-likeness (QED) is 0.510. The van der Waals surface area contributed by atoms with Crippen molar-refractivity contribution in [2.45, 2.75) is 18.6 Å². The zero-order chi connectivity index (χ0) is 11.4. The van der Waals surface area contributed by atoms with Crippen LogP contribution in [0.25, 0.3) is 0 Å². The van der Waals surface area contributed by atoms with E-state index in [1.807, 2.05) is 0 Å². The maximum absolute atomic E-state index is 12.7. The van der Waals surface area contributed by atoms with Crippen molar-refractivity contribution in [2.75, 3.05) is 13.7 Å². The number of hydrogen-bond acceptors (Lipinski definition) is 5. The Morgan fingerprint density at radius 3 is 2.29 bits per heavy atom. The lowest BCUT2D eigenvalue weighted by atomic mass is 10.5. The molecule has 0 aliphatic carbocycles. The third-order valence-electron chi connectivity index (χ3n) is 1.28. The average Bonchev–Trinajstić information content (AvgIpc) is 2.13. The molecule has 5 nitrogen and oxygen atoms in total. The molecule has 14 heavy (non-hydrogen) atoms. The molecule has 0 aliphatic rings. The van der Waals surface area contributed by atoms with Gasteiger partial charge in [0.05, 0.1) is 7.11 Å². The van der Waals surface area contributed by atoms with Gasteiger partial charge in [-0.25, -0.2) is 0 Å². The van der Waals surface area contributed by atoms with Crippen LogP contribution in [0.2, 0.25) is 0 Å². The number of hydrogen-bond donors (Lipinski definition) is 0. The monoisotopic (exact) mass is 232 g/mol. The van der Waals surface area contributed by atoms with E-state index in [-0.39, 0.29) is 6.42 Å². The second kappa shape index (κ2) is 4.65. The average molecular weight is 232 g/mol. The number of halogens is 2. The Labute approximate surface area is 80.1 Å². The Bertz CT molecular complexity index is 297. The lowest BCUT2D eigenvalue weighted by Gasteiger charge is -2.14. The molecule has 0 aliphatic heterocycles. The van der Waals surface area contributed by atoms with E-state index in [2.05, 4.69) is 8.92 Å². The molecule has 0 radical (unpaired) electrons. The number of carbonyl (C=O) groups is 1. The van der Waals surface area contributed by atoms with Crippen molar-refractivity contribution >= 4 is 16.1 Å². The van der Waals surface area contributed by atoms with Crippen LogP contribution in [0.4, 0.5) is 8.78 Å². The largest absolute Gasteiger partial charge is 0.458 e. The summed E-state index contributed by atoms with van der Waals surface area (Å²) in [6.07, 6.45) is -0.108. The summed E-state index contributed by atoms with van der Waals surface area (Å²) in [6, 6.07) is 0. The van der Waals surface area contributed by atoms with Crippen LogP contribution in [0, 0.1) is 0 Å². The van der Waals surface area contributed by atoms with Crippen LogP contribution in [0.3, 0.4) is 0 Å².